The molecule has 4 nitrogen and oxygen atoms in total. The third-order valence-electron chi connectivity index (χ3n) is 2.48. The highest BCUT2D eigenvalue weighted by Gasteiger charge is 2.02. The number of benzene rings is 2. The molecular formula is C14H14ClNO3S. The minimum Gasteiger partial charge on any atom is -0.489 e. The van der Waals surface area contributed by atoms with E-state index in [4.69, 9.17) is 16.3 Å². The summed E-state index contributed by atoms with van der Waals surface area (Å²) in [5.41, 5.74) is 1.51. The first-order valence-electron chi connectivity index (χ1n) is 5.87. The molecule has 6 heteroatoms. The summed E-state index contributed by atoms with van der Waals surface area (Å²) in [5, 5.41) is 0.685. The van der Waals surface area contributed by atoms with E-state index < -0.39 is 10.0 Å². The monoisotopic (exact) mass is 311 g/mol. The molecule has 0 amide bonds. The molecule has 0 atom stereocenters. The second-order valence-electron chi connectivity index (χ2n) is 4.31. The molecule has 0 fully saturated rings. The van der Waals surface area contributed by atoms with Gasteiger partial charge in [0, 0.05) is 10.7 Å². The summed E-state index contributed by atoms with van der Waals surface area (Å²) in [6, 6.07) is 14.1. The molecule has 0 bridgehead atoms. The van der Waals surface area contributed by atoms with Crippen molar-refractivity contribution in [2.24, 2.45) is 0 Å². The summed E-state index contributed by atoms with van der Waals surface area (Å²) in [6.45, 7) is 0.427. The van der Waals surface area contributed by atoms with Crippen molar-refractivity contribution in [3.8, 4) is 5.75 Å². The van der Waals surface area contributed by atoms with Crippen LogP contribution in [0.15, 0.2) is 48.5 Å². The van der Waals surface area contributed by atoms with Crippen LogP contribution in [0.5, 0.6) is 5.75 Å². The Labute approximate surface area is 123 Å². The largest absolute Gasteiger partial charge is 0.489 e. The number of rotatable bonds is 5. The quantitative estimate of drug-likeness (QED) is 0.922. The van der Waals surface area contributed by atoms with Crippen LogP contribution in [0.1, 0.15) is 5.56 Å². The van der Waals surface area contributed by atoms with E-state index in [2.05, 4.69) is 4.72 Å². The minimum absolute atomic E-state index is 0.427. The zero-order chi connectivity index (χ0) is 14.6. The van der Waals surface area contributed by atoms with Crippen LogP contribution in [-0.2, 0) is 16.6 Å². The van der Waals surface area contributed by atoms with Crippen molar-refractivity contribution in [3.63, 3.8) is 0 Å². The maximum Gasteiger partial charge on any atom is 0.229 e. The van der Waals surface area contributed by atoms with Crippen molar-refractivity contribution < 1.29 is 13.2 Å². The van der Waals surface area contributed by atoms with Crippen LogP contribution in [0, 0.1) is 0 Å². The number of hydrogen-bond donors (Lipinski definition) is 1. The van der Waals surface area contributed by atoms with E-state index in [1.54, 1.807) is 36.4 Å². The molecular weight excluding hydrogens is 298 g/mol. The van der Waals surface area contributed by atoms with Crippen molar-refractivity contribution >= 4 is 27.3 Å². The summed E-state index contributed by atoms with van der Waals surface area (Å²) < 4.78 is 30.1. The highest BCUT2D eigenvalue weighted by molar-refractivity contribution is 7.92. The number of sulfonamides is 1. The van der Waals surface area contributed by atoms with Gasteiger partial charge >= 0.3 is 0 Å². The Hall–Kier alpha value is -1.72. The average molecular weight is 312 g/mol. The topological polar surface area (TPSA) is 55.4 Å². The standard InChI is InChI=1S/C14H14ClNO3S/c1-20(17,18)16-13-6-8-14(9-7-13)19-10-11-2-4-12(15)5-3-11/h2-9,16H,10H2,1H3. The van der Waals surface area contributed by atoms with Crippen molar-refractivity contribution in [1.82, 2.24) is 0 Å². The maximum atomic E-state index is 11.1. The Kier molecular flexibility index (Phi) is 4.52. The van der Waals surface area contributed by atoms with Gasteiger partial charge in [0.25, 0.3) is 0 Å². The van der Waals surface area contributed by atoms with Crippen molar-refractivity contribution in [2.45, 2.75) is 6.61 Å². The number of anilines is 1. The first kappa shape index (κ1) is 14.7. The van der Waals surface area contributed by atoms with E-state index in [1.165, 1.54) is 0 Å². The molecule has 0 spiro atoms. The zero-order valence-corrected chi connectivity index (χ0v) is 12.4. The van der Waals surface area contributed by atoms with Gasteiger partial charge in [-0.1, -0.05) is 23.7 Å². The molecule has 1 N–H and O–H groups in total. The van der Waals surface area contributed by atoms with E-state index >= 15 is 0 Å². The smallest absolute Gasteiger partial charge is 0.229 e. The van der Waals surface area contributed by atoms with Crippen LogP contribution in [-0.4, -0.2) is 14.7 Å². The van der Waals surface area contributed by atoms with Gasteiger partial charge < -0.3 is 4.74 Å². The van der Waals surface area contributed by atoms with Gasteiger partial charge in [-0.2, -0.15) is 0 Å². The first-order valence-corrected chi connectivity index (χ1v) is 8.14. The minimum atomic E-state index is -3.25. The lowest BCUT2D eigenvalue weighted by Crippen LogP contribution is -2.09. The van der Waals surface area contributed by atoms with E-state index in [0.29, 0.717) is 23.1 Å². The van der Waals surface area contributed by atoms with Gasteiger partial charge in [0.15, 0.2) is 0 Å². The fourth-order valence-electron chi connectivity index (χ4n) is 1.58. The van der Waals surface area contributed by atoms with Gasteiger partial charge in [-0.15, -0.1) is 0 Å². The molecule has 0 aromatic heterocycles. The van der Waals surface area contributed by atoms with Gasteiger partial charge in [-0.25, -0.2) is 8.42 Å². The Morgan fingerprint density at radius 1 is 1.05 bits per heavy atom. The molecule has 0 radical (unpaired) electrons. The highest BCUT2D eigenvalue weighted by Crippen LogP contribution is 2.18. The fraction of sp³-hybridized carbons (Fsp3) is 0.143. The third-order valence-corrected chi connectivity index (χ3v) is 3.33. The summed E-state index contributed by atoms with van der Waals surface area (Å²) >= 11 is 5.80. The molecule has 0 unspecified atom stereocenters. The summed E-state index contributed by atoms with van der Waals surface area (Å²) in [7, 11) is -3.25. The summed E-state index contributed by atoms with van der Waals surface area (Å²) in [5.74, 6) is 0.666. The molecule has 0 aliphatic heterocycles. The van der Waals surface area contributed by atoms with Crippen LogP contribution in [0.3, 0.4) is 0 Å². The van der Waals surface area contributed by atoms with Crippen LogP contribution in [0.4, 0.5) is 5.69 Å². The lowest BCUT2D eigenvalue weighted by atomic mass is 10.2. The van der Waals surface area contributed by atoms with Crippen molar-refractivity contribution in [3.05, 3.63) is 59.1 Å². The lowest BCUT2D eigenvalue weighted by molar-refractivity contribution is 0.306. The van der Waals surface area contributed by atoms with E-state index in [0.717, 1.165) is 11.8 Å². The fourth-order valence-corrected chi connectivity index (χ4v) is 2.27. The average Bonchev–Trinajstić information content (AvgIpc) is 2.38. The van der Waals surface area contributed by atoms with Crippen molar-refractivity contribution in [1.29, 1.82) is 0 Å². The van der Waals surface area contributed by atoms with Gasteiger partial charge in [0.05, 0.1) is 6.26 Å². The van der Waals surface area contributed by atoms with Gasteiger partial charge in [-0.05, 0) is 42.0 Å². The Balaban J connectivity index is 1.95. The number of halogens is 1. The zero-order valence-electron chi connectivity index (χ0n) is 10.8. The number of ether oxygens (including phenoxy) is 1. The molecule has 20 heavy (non-hydrogen) atoms. The molecule has 106 valence electrons. The van der Waals surface area contributed by atoms with E-state index in [9.17, 15) is 8.42 Å². The van der Waals surface area contributed by atoms with Crippen LogP contribution >= 0.6 is 11.6 Å². The lowest BCUT2D eigenvalue weighted by Gasteiger charge is -2.08. The molecule has 2 aromatic rings. The Morgan fingerprint density at radius 3 is 2.20 bits per heavy atom. The van der Waals surface area contributed by atoms with Crippen LogP contribution in [0.2, 0.25) is 5.02 Å². The molecule has 0 aliphatic rings. The second-order valence-corrected chi connectivity index (χ2v) is 6.50. The number of nitrogens with one attached hydrogen (secondary N) is 1. The Morgan fingerprint density at radius 2 is 1.65 bits per heavy atom. The molecule has 2 rings (SSSR count). The Bertz CT molecular complexity index is 667. The maximum absolute atomic E-state index is 11.1. The summed E-state index contributed by atoms with van der Waals surface area (Å²) in [6.07, 6.45) is 1.11. The van der Waals surface area contributed by atoms with Gasteiger partial charge in [0.1, 0.15) is 12.4 Å². The highest BCUT2D eigenvalue weighted by atomic mass is 35.5. The SMILES string of the molecule is CS(=O)(=O)Nc1ccc(OCc2ccc(Cl)cc2)cc1. The molecule has 0 saturated heterocycles. The molecule has 2 aromatic carbocycles. The first-order chi connectivity index (χ1) is 9.42. The van der Waals surface area contributed by atoms with Crippen molar-refractivity contribution in [2.75, 3.05) is 11.0 Å². The van der Waals surface area contributed by atoms with E-state index in [1.807, 2.05) is 12.1 Å². The second kappa shape index (κ2) is 6.15. The summed E-state index contributed by atoms with van der Waals surface area (Å²) in [4.78, 5) is 0. The predicted molar refractivity (Wildman–Crippen MR) is 80.7 cm³/mol. The van der Waals surface area contributed by atoms with Crippen LogP contribution in [0.25, 0.3) is 0 Å². The van der Waals surface area contributed by atoms with Gasteiger partial charge in [0.2, 0.25) is 10.0 Å². The molecule has 0 aliphatic carbocycles. The number of hydrogen-bond acceptors (Lipinski definition) is 3. The van der Waals surface area contributed by atoms with Crippen LogP contribution < -0.4 is 9.46 Å². The van der Waals surface area contributed by atoms with E-state index in [-0.39, 0.29) is 0 Å². The molecule has 0 heterocycles. The normalized spacial score (nSPS) is 11.1. The predicted octanol–water partition coefficient (Wildman–Crippen LogP) is 3.29. The third kappa shape index (κ3) is 4.75. The van der Waals surface area contributed by atoms with Gasteiger partial charge in [-0.3, -0.25) is 4.72 Å². The molecule has 0 saturated carbocycles.